The number of hydrogen-bond acceptors (Lipinski definition) is 6. The van der Waals surface area contributed by atoms with Crippen molar-refractivity contribution in [2.75, 3.05) is 0 Å². The molecule has 0 aliphatic heterocycles. The Bertz CT molecular complexity index is 1440. The van der Waals surface area contributed by atoms with E-state index in [2.05, 4.69) is 10.3 Å². The van der Waals surface area contributed by atoms with Crippen molar-refractivity contribution in [1.82, 2.24) is 10.3 Å². The van der Waals surface area contributed by atoms with Crippen molar-refractivity contribution in [2.24, 2.45) is 0 Å². The standard InChI is InChI=1S/C27H28N2O6/c1-5-16-13-24(30)34-23-14-18(10-11-20(16)23)33-25(31)22(29-26(32)35-27(2,3)4)12-17-15-28-21-9-7-6-8-19(17)21/h6-11,13-15,22,28H,5,12H2,1-4H3,(H,29,32). The second-order valence-corrected chi connectivity index (χ2v) is 9.29. The van der Waals surface area contributed by atoms with Crippen molar-refractivity contribution in [3.05, 3.63) is 76.3 Å². The van der Waals surface area contributed by atoms with Gasteiger partial charge in [-0.3, -0.25) is 0 Å². The minimum absolute atomic E-state index is 0.185. The van der Waals surface area contributed by atoms with Crippen LogP contribution in [0.2, 0.25) is 0 Å². The van der Waals surface area contributed by atoms with Crippen LogP contribution in [0.15, 0.2) is 63.9 Å². The van der Waals surface area contributed by atoms with E-state index in [1.807, 2.05) is 31.2 Å². The maximum absolute atomic E-state index is 13.2. The lowest BCUT2D eigenvalue weighted by Crippen LogP contribution is -2.46. The maximum atomic E-state index is 13.2. The van der Waals surface area contributed by atoms with Gasteiger partial charge >= 0.3 is 17.7 Å². The average molecular weight is 477 g/mol. The Labute approximate surface area is 202 Å². The summed E-state index contributed by atoms with van der Waals surface area (Å²) in [4.78, 5) is 40.8. The lowest BCUT2D eigenvalue weighted by Gasteiger charge is -2.23. The fourth-order valence-electron chi connectivity index (χ4n) is 3.92. The van der Waals surface area contributed by atoms with Gasteiger partial charge in [-0.05, 0) is 56.5 Å². The molecular formula is C27H28N2O6. The molecule has 2 heterocycles. The topological polar surface area (TPSA) is 111 Å². The first-order valence-electron chi connectivity index (χ1n) is 11.5. The molecule has 0 fully saturated rings. The van der Waals surface area contributed by atoms with Gasteiger partial charge in [0.25, 0.3) is 0 Å². The van der Waals surface area contributed by atoms with E-state index in [0.717, 1.165) is 27.4 Å². The van der Waals surface area contributed by atoms with Crippen LogP contribution in [-0.4, -0.2) is 28.7 Å². The monoisotopic (exact) mass is 476 g/mol. The molecule has 1 unspecified atom stereocenters. The molecule has 0 spiro atoms. The minimum atomic E-state index is -1.02. The molecule has 0 aliphatic carbocycles. The van der Waals surface area contributed by atoms with Gasteiger partial charge in [-0.15, -0.1) is 0 Å². The van der Waals surface area contributed by atoms with Gasteiger partial charge in [0.1, 0.15) is 23.0 Å². The number of aromatic amines is 1. The second kappa shape index (κ2) is 9.66. The summed E-state index contributed by atoms with van der Waals surface area (Å²) in [5.74, 6) is -0.469. The number of carbonyl (C=O) groups excluding carboxylic acids is 2. The zero-order chi connectivity index (χ0) is 25.2. The Morgan fingerprint density at radius 1 is 1.06 bits per heavy atom. The van der Waals surface area contributed by atoms with E-state index in [4.69, 9.17) is 13.9 Å². The highest BCUT2D eigenvalue weighted by atomic mass is 16.6. The Hall–Kier alpha value is -4.07. The molecule has 182 valence electrons. The number of esters is 1. The van der Waals surface area contributed by atoms with Crippen molar-refractivity contribution < 1.29 is 23.5 Å². The van der Waals surface area contributed by atoms with Gasteiger partial charge in [-0.2, -0.15) is 0 Å². The van der Waals surface area contributed by atoms with E-state index in [1.165, 1.54) is 12.1 Å². The van der Waals surface area contributed by atoms with Crippen LogP contribution in [0.1, 0.15) is 38.8 Å². The van der Waals surface area contributed by atoms with Gasteiger partial charge in [0, 0.05) is 41.0 Å². The predicted octanol–water partition coefficient (Wildman–Crippen LogP) is 4.88. The van der Waals surface area contributed by atoms with Crippen LogP contribution in [0, 0.1) is 0 Å². The molecule has 4 rings (SSSR count). The maximum Gasteiger partial charge on any atom is 0.408 e. The summed E-state index contributed by atoms with van der Waals surface area (Å²) in [7, 11) is 0. The molecule has 8 nitrogen and oxygen atoms in total. The lowest BCUT2D eigenvalue weighted by molar-refractivity contribution is -0.136. The van der Waals surface area contributed by atoms with Crippen LogP contribution in [0.25, 0.3) is 21.9 Å². The van der Waals surface area contributed by atoms with Crippen LogP contribution in [0.4, 0.5) is 4.79 Å². The van der Waals surface area contributed by atoms with Crippen LogP contribution in [0.3, 0.4) is 0 Å². The molecule has 1 atom stereocenters. The van der Waals surface area contributed by atoms with Gasteiger partial charge < -0.3 is 24.2 Å². The number of ether oxygens (including phenoxy) is 2. The van der Waals surface area contributed by atoms with Crippen molar-refractivity contribution in [2.45, 2.75) is 52.2 Å². The number of para-hydroxylation sites is 1. The first kappa shape index (κ1) is 24.1. The van der Waals surface area contributed by atoms with Crippen LogP contribution in [-0.2, 0) is 22.4 Å². The normalized spacial score (nSPS) is 12.5. The molecule has 0 saturated heterocycles. The first-order chi connectivity index (χ1) is 16.6. The van der Waals surface area contributed by atoms with E-state index in [9.17, 15) is 14.4 Å². The van der Waals surface area contributed by atoms with E-state index in [1.54, 1.807) is 39.1 Å². The predicted molar refractivity (Wildman–Crippen MR) is 133 cm³/mol. The molecule has 2 N–H and O–H groups in total. The Morgan fingerprint density at radius 3 is 2.57 bits per heavy atom. The highest BCUT2D eigenvalue weighted by Gasteiger charge is 2.27. The summed E-state index contributed by atoms with van der Waals surface area (Å²) in [6.45, 7) is 7.17. The number of benzene rings is 2. The summed E-state index contributed by atoms with van der Waals surface area (Å²) in [6, 6.07) is 13.0. The fraction of sp³-hybridized carbons (Fsp3) is 0.296. The number of carbonyl (C=O) groups is 2. The van der Waals surface area contributed by atoms with Crippen molar-refractivity contribution in [3.8, 4) is 5.75 Å². The zero-order valence-corrected chi connectivity index (χ0v) is 20.1. The highest BCUT2D eigenvalue weighted by Crippen LogP contribution is 2.24. The molecule has 4 aromatic rings. The third kappa shape index (κ3) is 5.71. The van der Waals surface area contributed by atoms with E-state index < -0.39 is 29.3 Å². The lowest BCUT2D eigenvalue weighted by atomic mass is 10.0. The number of rotatable bonds is 6. The summed E-state index contributed by atoms with van der Waals surface area (Å²) >= 11 is 0. The Morgan fingerprint density at radius 2 is 1.83 bits per heavy atom. The summed E-state index contributed by atoms with van der Waals surface area (Å²) < 4.78 is 16.3. The van der Waals surface area contributed by atoms with Crippen molar-refractivity contribution in [3.63, 3.8) is 0 Å². The minimum Gasteiger partial charge on any atom is -0.444 e. The van der Waals surface area contributed by atoms with Gasteiger partial charge in [-0.25, -0.2) is 14.4 Å². The van der Waals surface area contributed by atoms with Crippen molar-refractivity contribution >= 4 is 33.9 Å². The van der Waals surface area contributed by atoms with Crippen LogP contribution < -0.4 is 15.7 Å². The van der Waals surface area contributed by atoms with Gasteiger partial charge in [0.15, 0.2) is 0 Å². The molecule has 1 amide bonds. The van der Waals surface area contributed by atoms with Crippen molar-refractivity contribution in [1.29, 1.82) is 0 Å². The molecular weight excluding hydrogens is 448 g/mol. The number of alkyl carbamates (subject to hydrolysis) is 1. The zero-order valence-electron chi connectivity index (χ0n) is 20.1. The molecule has 35 heavy (non-hydrogen) atoms. The molecule has 0 bridgehead atoms. The summed E-state index contributed by atoms with van der Waals surface area (Å²) in [6.07, 6.45) is 1.92. The molecule has 2 aromatic carbocycles. The Kier molecular flexibility index (Phi) is 6.64. The number of H-pyrrole nitrogens is 1. The SMILES string of the molecule is CCc1cc(=O)oc2cc(OC(=O)C(Cc3c[nH]c4ccccc34)NC(=O)OC(C)(C)C)ccc12. The third-order valence-corrected chi connectivity index (χ3v) is 5.48. The summed E-state index contributed by atoms with van der Waals surface area (Å²) in [5, 5.41) is 4.35. The number of hydrogen-bond donors (Lipinski definition) is 2. The number of amides is 1. The Balaban J connectivity index is 1.61. The first-order valence-corrected chi connectivity index (χ1v) is 11.5. The second-order valence-electron chi connectivity index (χ2n) is 9.29. The van der Waals surface area contributed by atoms with Crippen LogP contribution in [0.5, 0.6) is 5.75 Å². The van der Waals surface area contributed by atoms with E-state index >= 15 is 0 Å². The van der Waals surface area contributed by atoms with Gasteiger partial charge in [0.05, 0.1) is 0 Å². The average Bonchev–Trinajstić information content (AvgIpc) is 3.19. The quantitative estimate of drug-likeness (QED) is 0.233. The van der Waals surface area contributed by atoms with E-state index in [-0.39, 0.29) is 12.2 Å². The molecule has 0 radical (unpaired) electrons. The molecule has 2 aromatic heterocycles. The number of aromatic nitrogens is 1. The number of fused-ring (bicyclic) bond motifs is 2. The molecule has 0 aliphatic rings. The van der Waals surface area contributed by atoms with Gasteiger partial charge in [0.2, 0.25) is 0 Å². The highest BCUT2D eigenvalue weighted by molar-refractivity contribution is 5.88. The van der Waals surface area contributed by atoms with Gasteiger partial charge in [-0.1, -0.05) is 25.1 Å². The smallest absolute Gasteiger partial charge is 0.408 e. The molecule has 8 heteroatoms. The van der Waals surface area contributed by atoms with E-state index in [0.29, 0.717) is 12.0 Å². The largest absolute Gasteiger partial charge is 0.444 e. The summed E-state index contributed by atoms with van der Waals surface area (Å²) in [5.41, 5.74) is 1.73. The third-order valence-electron chi connectivity index (χ3n) is 5.48. The number of nitrogens with one attached hydrogen (secondary N) is 2. The fourth-order valence-corrected chi connectivity index (χ4v) is 3.92. The number of aryl methyl sites for hydroxylation is 1. The molecule has 0 saturated carbocycles. The van der Waals surface area contributed by atoms with Crippen LogP contribution >= 0.6 is 0 Å².